The number of nitrogens with zero attached hydrogens (tertiary/aromatic N) is 1. The van der Waals surface area contributed by atoms with E-state index in [9.17, 15) is 19.5 Å². The van der Waals surface area contributed by atoms with Gasteiger partial charge in [-0.25, -0.2) is 4.79 Å². The molecule has 2 aliphatic heterocycles. The molecule has 1 unspecified atom stereocenters. The number of amides is 1. The number of aliphatic hydroxyl groups is 1. The average Bonchev–Trinajstić information content (AvgIpc) is 3.34. The number of hydrogen-bond donors (Lipinski definition) is 2. The summed E-state index contributed by atoms with van der Waals surface area (Å²) in [5.41, 5.74) is -0.192. The Labute approximate surface area is 262 Å². The number of piperidine rings is 1. The molecule has 2 aromatic carbocycles. The number of methoxy groups -OCH3 is 1. The molecule has 4 aliphatic rings. The van der Waals surface area contributed by atoms with Gasteiger partial charge >= 0.3 is 12.1 Å². The third-order valence-corrected chi connectivity index (χ3v) is 9.36. The second-order valence-electron chi connectivity index (χ2n) is 13.2. The molecule has 1 fully saturated rings. The predicted octanol–water partition coefficient (Wildman–Crippen LogP) is 3.72. The van der Waals surface area contributed by atoms with Crippen LogP contribution in [-0.4, -0.2) is 78.6 Å². The highest BCUT2D eigenvalue weighted by Crippen LogP contribution is 2.65. The van der Waals surface area contributed by atoms with Gasteiger partial charge in [-0.1, -0.05) is 36.4 Å². The van der Waals surface area contributed by atoms with E-state index < -0.39 is 46.9 Å². The second kappa shape index (κ2) is 11.4. The summed E-state index contributed by atoms with van der Waals surface area (Å²) >= 11 is 0. The summed E-state index contributed by atoms with van der Waals surface area (Å²) in [7, 11) is 3.61. The lowest BCUT2D eigenvalue weighted by atomic mass is 9.50. The predicted molar refractivity (Wildman–Crippen MR) is 162 cm³/mol. The number of carbonyl (C=O) groups excluding carboxylic acids is 3. The highest BCUT2D eigenvalue weighted by Gasteiger charge is 2.72. The molecule has 0 radical (unpaired) electrons. The molecule has 1 spiro atoms. The Morgan fingerprint density at radius 2 is 1.91 bits per heavy atom. The maximum Gasteiger partial charge on any atom is 0.509 e. The van der Waals surface area contributed by atoms with Crippen molar-refractivity contribution in [1.29, 1.82) is 0 Å². The van der Waals surface area contributed by atoms with Crippen LogP contribution in [0.5, 0.6) is 11.5 Å². The molecule has 2 aliphatic carbocycles. The zero-order valence-electron chi connectivity index (χ0n) is 26.3. The topological polar surface area (TPSA) is 133 Å². The van der Waals surface area contributed by atoms with Crippen LogP contribution in [0.1, 0.15) is 62.8 Å². The van der Waals surface area contributed by atoms with E-state index in [0.29, 0.717) is 42.1 Å². The fourth-order valence-corrected chi connectivity index (χ4v) is 7.42. The first-order chi connectivity index (χ1) is 21.4. The van der Waals surface area contributed by atoms with Crippen LogP contribution in [0, 0.1) is 0 Å². The van der Waals surface area contributed by atoms with Gasteiger partial charge in [0.1, 0.15) is 11.4 Å². The summed E-state index contributed by atoms with van der Waals surface area (Å²) in [5.74, 6) is 0.344. The Bertz CT molecular complexity index is 1530. The van der Waals surface area contributed by atoms with Crippen molar-refractivity contribution in [3.63, 3.8) is 0 Å². The van der Waals surface area contributed by atoms with E-state index in [1.807, 2.05) is 19.2 Å². The fraction of sp³-hybridized carbons (Fsp3) is 0.500. The van der Waals surface area contributed by atoms with Gasteiger partial charge in [0.2, 0.25) is 6.10 Å². The Hall–Kier alpha value is -4.09. The van der Waals surface area contributed by atoms with Gasteiger partial charge in [0.25, 0.3) is 5.91 Å². The molecular weight excluding hydrogens is 580 g/mol. The van der Waals surface area contributed by atoms with Crippen LogP contribution in [0.25, 0.3) is 0 Å². The van der Waals surface area contributed by atoms with E-state index >= 15 is 0 Å². The number of nitrogens with one attached hydrogen (secondary N) is 1. The molecule has 0 saturated carbocycles. The van der Waals surface area contributed by atoms with Crippen LogP contribution < -0.4 is 14.8 Å². The Kier molecular flexibility index (Phi) is 7.81. The van der Waals surface area contributed by atoms with Crippen molar-refractivity contribution in [2.24, 2.45) is 0 Å². The van der Waals surface area contributed by atoms with Gasteiger partial charge in [-0.2, -0.15) is 0 Å². The maximum atomic E-state index is 13.1. The highest BCUT2D eigenvalue weighted by atomic mass is 16.7. The van der Waals surface area contributed by atoms with Crippen molar-refractivity contribution in [2.45, 2.75) is 81.3 Å². The largest absolute Gasteiger partial charge is 0.509 e. The third kappa shape index (κ3) is 5.21. The third-order valence-electron chi connectivity index (χ3n) is 9.36. The standard InChI is InChI=1S/C34H40N2O9/c1-32(2,3)45-31(39)44-27(20-9-7-6-8-10-20)30(38)35-17-14-25(37)42-23-13-15-34(40)24-19-21-11-12-22(41-5)28-26(21)33(34,29(23)43-28)16-18-36(24)4/h6-13,24,27,29,40H,14-19H2,1-5H3,(H,35,38)/t24-,27-,29+,33?,34-/m1/s1. The Morgan fingerprint density at radius 3 is 2.62 bits per heavy atom. The van der Waals surface area contributed by atoms with Crippen LogP contribution in [0.3, 0.4) is 0 Å². The first kappa shape index (κ1) is 30.9. The highest BCUT2D eigenvalue weighted by molar-refractivity contribution is 5.84. The number of rotatable bonds is 8. The van der Waals surface area contributed by atoms with E-state index in [-0.39, 0.29) is 19.0 Å². The molecular formula is C34H40N2O9. The van der Waals surface area contributed by atoms with E-state index in [0.717, 1.165) is 17.7 Å². The first-order valence-corrected chi connectivity index (χ1v) is 15.3. The van der Waals surface area contributed by atoms with E-state index in [1.54, 1.807) is 64.3 Å². The van der Waals surface area contributed by atoms with Crippen LogP contribution in [-0.2, 0) is 35.6 Å². The Balaban J connectivity index is 1.15. The molecule has 2 N–H and O–H groups in total. The van der Waals surface area contributed by atoms with Crippen LogP contribution in [0.2, 0.25) is 0 Å². The number of ether oxygens (including phenoxy) is 5. The lowest BCUT2D eigenvalue weighted by molar-refractivity contribution is -0.169. The van der Waals surface area contributed by atoms with Gasteiger partial charge in [0.05, 0.1) is 24.5 Å². The van der Waals surface area contributed by atoms with Gasteiger partial charge in [0, 0.05) is 30.1 Å². The minimum atomic E-state index is -1.27. The quantitative estimate of drug-likeness (QED) is 0.421. The van der Waals surface area contributed by atoms with Crippen molar-refractivity contribution < 1.29 is 43.2 Å². The Morgan fingerprint density at radius 1 is 1.16 bits per heavy atom. The molecule has 1 amide bonds. The number of likely N-dealkylation sites (N-methyl/N-ethyl adjacent to an activating group) is 1. The lowest BCUT2D eigenvalue weighted by Gasteiger charge is -2.61. The van der Waals surface area contributed by atoms with Crippen LogP contribution in [0.4, 0.5) is 4.79 Å². The van der Waals surface area contributed by atoms with Gasteiger partial charge in [-0.3, -0.25) is 9.59 Å². The smallest absolute Gasteiger partial charge is 0.493 e. The first-order valence-electron chi connectivity index (χ1n) is 15.3. The molecule has 2 heterocycles. The molecule has 11 heteroatoms. The van der Waals surface area contributed by atoms with E-state index in [1.165, 1.54) is 0 Å². The monoisotopic (exact) mass is 620 g/mol. The van der Waals surface area contributed by atoms with Crippen molar-refractivity contribution in [1.82, 2.24) is 10.2 Å². The lowest BCUT2D eigenvalue weighted by Crippen LogP contribution is -2.74. The normalized spacial score (nSPS) is 26.8. The zero-order chi connectivity index (χ0) is 32.1. The molecule has 240 valence electrons. The molecule has 1 saturated heterocycles. The zero-order valence-corrected chi connectivity index (χ0v) is 26.3. The van der Waals surface area contributed by atoms with Crippen molar-refractivity contribution >= 4 is 18.0 Å². The minimum absolute atomic E-state index is 0.0579. The number of hydrogen-bond acceptors (Lipinski definition) is 10. The van der Waals surface area contributed by atoms with Gasteiger partial charge in [-0.05, 0) is 64.9 Å². The molecule has 6 rings (SSSR count). The van der Waals surface area contributed by atoms with Crippen molar-refractivity contribution in [2.75, 3.05) is 27.2 Å². The van der Waals surface area contributed by atoms with Gasteiger partial charge in [0.15, 0.2) is 17.6 Å². The van der Waals surface area contributed by atoms with Crippen molar-refractivity contribution in [3.8, 4) is 11.5 Å². The molecule has 0 aromatic heterocycles. The van der Waals surface area contributed by atoms with Gasteiger partial charge < -0.3 is 39.0 Å². The van der Waals surface area contributed by atoms with Gasteiger partial charge in [-0.15, -0.1) is 0 Å². The van der Waals surface area contributed by atoms with Crippen LogP contribution >= 0.6 is 0 Å². The minimum Gasteiger partial charge on any atom is -0.493 e. The SMILES string of the molecule is COc1ccc2c3c1O[C@H]1C(OC(=O)CCNC(=O)[C@H](OC(=O)OC(C)(C)C)c4ccccc4)=CC[C@@]4(O)[C@@H](C2)N(C)CCC314. The molecule has 2 aromatic rings. The maximum absolute atomic E-state index is 13.1. The molecule has 2 bridgehead atoms. The summed E-state index contributed by atoms with van der Waals surface area (Å²) in [6.45, 7) is 5.79. The number of carbonyl (C=O) groups is 3. The molecule has 45 heavy (non-hydrogen) atoms. The van der Waals surface area contributed by atoms with Crippen LogP contribution in [0.15, 0.2) is 54.3 Å². The average molecular weight is 621 g/mol. The summed E-state index contributed by atoms with van der Waals surface area (Å²) < 4.78 is 28.7. The number of benzene rings is 2. The summed E-state index contributed by atoms with van der Waals surface area (Å²) in [6, 6.07) is 12.4. The van der Waals surface area contributed by atoms with Crippen molar-refractivity contribution in [3.05, 3.63) is 71.0 Å². The number of likely N-dealkylation sites (tertiary alicyclic amines) is 1. The summed E-state index contributed by atoms with van der Waals surface area (Å²) in [4.78, 5) is 40.9. The number of esters is 1. The summed E-state index contributed by atoms with van der Waals surface area (Å²) in [6.07, 6.45) is 0.264. The fourth-order valence-electron chi connectivity index (χ4n) is 7.42. The summed E-state index contributed by atoms with van der Waals surface area (Å²) in [5, 5.41) is 15.0. The molecule has 5 atom stereocenters. The van der Waals surface area contributed by atoms with E-state index in [4.69, 9.17) is 23.7 Å². The van der Waals surface area contributed by atoms with E-state index in [2.05, 4.69) is 10.2 Å². The second-order valence-corrected chi connectivity index (χ2v) is 13.2. The molecule has 11 nitrogen and oxygen atoms in total.